The van der Waals surface area contributed by atoms with Crippen LogP contribution in [-0.4, -0.2) is 41.9 Å². The molecular weight excluding hydrogens is 500 g/mol. The van der Waals surface area contributed by atoms with E-state index >= 15 is 0 Å². The summed E-state index contributed by atoms with van der Waals surface area (Å²) in [6.45, 7) is 8.52. The van der Waals surface area contributed by atoms with E-state index in [1.807, 2.05) is 6.07 Å². The zero-order valence-electron chi connectivity index (χ0n) is 17.1. The Kier molecular flexibility index (Phi) is 8.56. The molecule has 1 heterocycles. The lowest BCUT2D eigenvalue weighted by molar-refractivity contribution is 0.196. The van der Waals surface area contributed by atoms with Gasteiger partial charge in [0.25, 0.3) is 0 Å². The summed E-state index contributed by atoms with van der Waals surface area (Å²) >= 11 is 9.24. The molecule has 0 unspecified atom stereocenters. The third-order valence-electron chi connectivity index (χ3n) is 4.30. The van der Waals surface area contributed by atoms with E-state index in [1.54, 1.807) is 46.8 Å². The topological polar surface area (TPSA) is 83.4 Å². The smallest absolute Gasteiger partial charge is 0.308 e. The van der Waals surface area contributed by atoms with E-state index in [1.165, 1.54) is 0 Å². The number of hydrogen-bond donors (Lipinski definition) is 0. The maximum absolute atomic E-state index is 14.2. The molecule has 0 bridgehead atoms. The van der Waals surface area contributed by atoms with Crippen molar-refractivity contribution in [1.82, 2.24) is 0 Å². The Balaban J connectivity index is 2.97. The molecule has 1 aliphatic heterocycles. The van der Waals surface area contributed by atoms with E-state index in [4.69, 9.17) is 30.3 Å². The third-order valence-corrected chi connectivity index (χ3v) is 12.2. The number of rotatable bonds is 10. The predicted molar refractivity (Wildman–Crippen MR) is 123 cm³/mol. The van der Waals surface area contributed by atoms with E-state index in [0.717, 1.165) is 4.47 Å². The van der Waals surface area contributed by atoms with Crippen LogP contribution in [0, 0.1) is 0 Å². The highest BCUT2D eigenvalue weighted by Gasteiger charge is 2.71. The molecule has 0 N–H and O–H groups in total. The van der Waals surface area contributed by atoms with Crippen LogP contribution in [0.1, 0.15) is 40.2 Å². The lowest BCUT2D eigenvalue weighted by Crippen LogP contribution is -2.48. The lowest BCUT2D eigenvalue weighted by atomic mass is 10.0. The predicted octanol–water partition coefficient (Wildman–Crippen LogP) is 6.50. The fourth-order valence-corrected chi connectivity index (χ4v) is 10.4. The molecule has 1 aromatic rings. The second-order valence-corrected chi connectivity index (χ2v) is 12.1. The van der Waals surface area contributed by atoms with Crippen molar-refractivity contribution >= 4 is 59.6 Å². The van der Waals surface area contributed by atoms with Crippen LogP contribution in [0.3, 0.4) is 0 Å². The number of benzene rings is 1. The largest absolute Gasteiger partial charge is 0.360 e. The van der Waals surface area contributed by atoms with Gasteiger partial charge in [-0.05, 0) is 52.8 Å². The molecule has 29 heavy (non-hydrogen) atoms. The number of aliphatic imine (C=N–C) groups is 1. The Bertz CT molecular complexity index is 856. The van der Waals surface area contributed by atoms with E-state index in [0.29, 0.717) is 11.3 Å². The van der Waals surface area contributed by atoms with Crippen molar-refractivity contribution in [2.75, 3.05) is 26.4 Å². The average molecular weight is 526 g/mol. The van der Waals surface area contributed by atoms with Crippen LogP contribution >= 0.6 is 43.3 Å². The standard InChI is InChI=1S/C18H26BrNO6P2S/c1-6-23-27(21,24-7-2)18(28(22,25-8-3)26-9-4)13(5)20-16-11-10-14(19)12-15(16)17(18)29/h10-12H,6-9H2,1-5H3. The van der Waals surface area contributed by atoms with Crippen molar-refractivity contribution < 1.29 is 27.2 Å². The Morgan fingerprint density at radius 2 is 1.41 bits per heavy atom. The molecule has 0 aromatic heterocycles. The second kappa shape index (κ2) is 9.92. The first-order chi connectivity index (χ1) is 13.7. The molecule has 162 valence electrons. The van der Waals surface area contributed by atoms with E-state index in [-0.39, 0.29) is 37.0 Å². The Hall–Kier alpha value is -0.240. The van der Waals surface area contributed by atoms with Gasteiger partial charge in [0.2, 0.25) is 4.90 Å². The molecule has 0 atom stereocenters. The Morgan fingerprint density at radius 1 is 0.966 bits per heavy atom. The van der Waals surface area contributed by atoms with E-state index < -0.39 is 20.1 Å². The zero-order chi connectivity index (χ0) is 21.9. The van der Waals surface area contributed by atoms with Crippen molar-refractivity contribution in [1.29, 1.82) is 0 Å². The molecule has 7 nitrogen and oxygen atoms in total. The Morgan fingerprint density at radius 3 is 1.83 bits per heavy atom. The quantitative estimate of drug-likeness (QED) is 0.254. The van der Waals surface area contributed by atoms with Crippen LogP contribution < -0.4 is 0 Å². The molecule has 0 saturated carbocycles. The molecule has 1 aromatic carbocycles. The first-order valence-corrected chi connectivity index (χ1v) is 13.6. The lowest BCUT2D eigenvalue weighted by Gasteiger charge is -2.44. The fraction of sp³-hybridized carbons (Fsp3) is 0.556. The van der Waals surface area contributed by atoms with Crippen molar-refractivity contribution in [2.45, 2.75) is 39.5 Å². The van der Waals surface area contributed by atoms with Crippen LogP contribution in [0.4, 0.5) is 5.69 Å². The van der Waals surface area contributed by atoms with Gasteiger partial charge in [-0.2, -0.15) is 0 Å². The first kappa shape index (κ1) is 25.0. The van der Waals surface area contributed by atoms with Gasteiger partial charge in [0.15, 0.2) is 0 Å². The highest BCUT2D eigenvalue weighted by molar-refractivity contribution is 9.10. The molecule has 2 rings (SSSR count). The molecule has 0 amide bonds. The molecule has 0 saturated heterocycles. The molecule has 0 radical (unpaired) electrons. The van der Waals surface area contributed by atoms with Crippen molar-refractivity contribution in [3.63, 3.8) is 0 Å². The van der Waals surface area contributed by atoms with Gasteiger partial charge < -0.3 is 18.1 Å². The fourth-order valence-electron chi connectivity index (χ4n) is 3.32. The second-order valence-electron chi connectivity index (χ2n) is 6.03. The molecule has 0 fully saturated rings. The minimum Gasteiger partial charge on any atom is -0.308 e. The van der Waals surface area contributed by atoms with Gasteiger partial charge in [0, 0.05) is 10.0 Å². The maximum atomic E-state index is 14.2. The van der Waals surface area contributed by atoms with Crippen LogP contribution in [0.15, 0.2) is 27.7 Å². The molecule has 11 heteroatoms. The van der Waals surface area contributed by atoms with Crippen LogP contribution in [-0.2, 0) is 27.2 Å². The van der Waals surface area contributed by atoms with Crippen molar-refractivity contribution in [3.8, 4) is 0 Å². The SMILES string of the molecule is CCOP(=O)(OCC)C1(P(=O)(OCC)OCC)C(=S)c2cc(Br)ccc2N=C1C. The van der Waals surface area contributed by atoms with Gasteiger partial charge in [-0.25, -0.2) is 0 Å². The molecular formula is C18H26BrNO6P2S. The van der Waals surface area contributed by atoms with Gasteiger partial charge in [-0.15, -0.1) is 0 Å². The van der Waals surface area contributed by atoms with Crippen LogP contribution in [0.2, 0.25) is 0 Å². The van der Waals surface area contributed by atoms with Gasteiger partial charge in [-0.1, -0.05) is 28.1 Å². The summed E-state index contributed by atoms with van der Waals surface area (Å²) < 4.78 is 51.9. The van der Waals surface area contributed by atoms with E-state index in [2.05, 4.69) is 20.9 Å². The van der Waals surface area contributed by atoms with Gasteiger partial charge >= 0.3 is 15.2 Å². The number of fused-ring (bicyclic) bond motifs is 1. The highest BCUT2D eigenvalue weighted by atomic mass is 79.9. The number of nitrogens with zero attached hydrogens (tertiary/aromatic N) is 1. The monoisotopic (exact) mass is 525 g/mol. The summed E-state index contributed by atoms with van der Waals surface area (Å²) in [7, 11) is -8.38. The van der Waals surface area contributed by atoms with Gasteiger partial charge in [-0.3, -0.25) is 14.1 Å². The highest BCUT2D eigenvalue weighted by Crippen LogP contribution is 2.80. The molecule has 0 spiro atoms. The summed E-state index contributed by atoms with van der Waals surface area (Å²) in [4.78, 5) is 2.73. The summed E-state index contributed by atoms with van der Waals surface area (Å²) in [5.74, 6) is 0. The number of hydrogen-bond acceptors (Lipinski definition) is 8. The summed E-state index contributed by atoms with van der Waals surface area (Å²) in [5, 5.41) is 0. The van der Waals surface area contributed by atoms with Gasteiger partial charge in [0.1, 0.15) is 0 Å². The zero-order valence-corrected chi connectivity index (χ0v) is 21.3. The maximum Gasteiger partial charge on any atom is 0.360 e. The normalized spacial score (nSPS) is 16.5. The van der Waals surface area contributed by atoms with Crippen LogP contribution in [0.25, 0.3) is 0 Å². The third kappa shape index (κ3) is 4.13. The van der Waals surface area contributed by atoms with E-state index in [9.17, 15) is 9.13 Å². The average Bonchev–Trinajstić information content (AvgIpc) is 2.63. The summed E-state index contributed by atoms with van der Waals surface area (Å²) in [6, 6.07) is 5.34. The first-order valence-electron chi connectivity index (χ1n) is 9.35. The summed E-state index contributed by atoms with van der Waals surface area (Å²) in [5.41, 5.74) is 1.29. The molecule has 1 aliphatic rings. The molecule has 0 aliphatic carbocycles. The van der Waals surface area contributed by atoms with Crippen molar-refractivity contribution in [2.24, 2.45) is 4.99 Å². The number of thiocarbonyl (C=S) groups is 1. The Labute approximate surface area is 185 Å². The minimum absolute atomic E-state index is 0.0541. The van der Waals surface area contributed by atoms with Gasteiger partial charge in [0.05, 0.1) is 42.7 Å². The minimum atomic E-state index is -4.19. The van der Waals surface area contributed by atoms with Crippen molar-refractivity contribution in [3.05, 3.63) is 28.2 Å². The number of halogens is 1. The summed E-state index contributed by atoms with van der Waals surface area (Å²) in [6.07, 6.45) is 0. The van der Waals surface area contributed by atoms with Crippen LogP contribution in [0.5, 0.6) is 0 Å².